The molecule has 0 aliphatic rings. The number of amides is 1. The van der Waals surface area contributed by atoms with Crippen molar-refractivity contribution >= 4 is 27.9 Å². The van der Waals surface area contributed by atoms with E-state index in [9.17, 15) is 9.59 Å². The Morgan fingerprint density at radius 3 is 3.05 bits per heavy atom. The van der Waals surface area contributed by atoms with Gasteiger partial charge in [0.1, 0.15) is 12.4 Å². The fourth-order valence-electron chi connectivity index (χ4n) is 2.00. The Balaban J connectivity index is 1.82. The lowest BCUT2D eigenvalue weighted by molar-refractivity contribution is -0.114. The summed E-state index contributed by atoms with van der Waals surface area (Å²) in [7, 11) is 0. The number of carbonyl (C=O) groups is 1. The van der Waals surface area contributed by atoms with Crippen LogP contribution in [0.1, 0.15) is 12.6 Å². The minimum absolute atomic E-state index is 0.139. The number of hydrogen-bond acceptors (Lipinski definition) is 5. The monoisotopic (exact) mass is 315 g/mol. The third kappa shape index (κ3) is 2.99. The van der Waals surface area contributed by atoms with Crippen molar-refractivity contribution in [2.24, 2.45) is 0 Å². The van der Waals surface area contributed by atoms with Crippen molar-refractivity contribution in [2.45, 2.75) is 13.5 Å². The van der Waals surface area contributed by atoms with Crippen LogP contribution in [0.25, 0.3) is 4.96 Å². The van der Waals surface area contributed by atoms with Crippen molar-refractivity contribution in [3.8, 4) is 5.75 Å². The number of benzene rings is 1. The largest absolute Gasteiger partial charge is 0.485 e. The Kier molecular flexibility index (Phi) is 3.88. The van der Waals surface area contributed by atoms with Gasteiger partial charge in [-0.1, -0.05) is 12.1 Å². The Morgan fingerprint density at radius 1 is 1.41 bits per heavy atom. The minimum Gasteiger partial charge on any atom is -0.485 e. The van der Waals surface area contributed by atoms with Crippen molar-refractivity contribution < 1.29 is 9.53 Å². The van der Waals surface area contributed by atoms with E-state index in [1.165, 1.54) is 28.7 Å². The number of carbonyl (C=O) groups excluding carboxylic acids is 1. The lowest BCUT2D eigenvalue weighted by Crippen LogP contribution is -2.14. The topological polar surface area (TPSA) is 72.7 Å². The van der Waals surface area contributed by atoms with Crippen LogP contribution in [0, 0.1) is 0 Å². The van der Waals surface area contributed by atoms with E-state index in [2.05, 4.69) is 10.3 Å². The summed E-state index contributed by atoms with van der Waals surface area (Å²) in [5.74, 6) is 0.360. The lowest BCUT2D eigenvalue weighted by Gasteiger charge is -2.11. The van der Waals surface area contributed by atoms with Gasteiger partial charge in [-0.25, -0.2) is 4.98 Å². The fraction of sp³-hybridized carbons (Fsp3) is 0.133. The number of nitrogens with one attached hydrogen (secondary N) is 1. The standard InChI is InChI=1S/C15H13N3O3S/c1-10(19)16-12-4-2-3-5-13(12)21-9-11-8-14(20)18-6-7-22-15(18)17-11/h2-8H,9H2,1H3,(H,16,19). The van der Waals surface area contributed by atoms with Crippen LogP contribution >= 0.6 is 11.3 Å². The predicted molar refractivity (Wildman–Crippen MR) is 84.4 cm³/mol. The molecule has 0 atom stereocenters. The molecule has 0 bridgehead atoms. The first kappa shape index (κ1) is 14.3. The van der Waals surface area contributed by atoms with Gasteiger partial charge in [0, 0.05) is 24.6 Å². The molecule has 0 spiro atoms. The van der Waals surface area contributed by atoms with Crippen LogP contribution < -0.4 is 15.6 Å². The molecule has 0 radical (unpaired) electrons. The second-order valence-corrected chi connectivity index (χ2v) is 5.48. The first-order valence-electron chi connectivity index (χ1n) is 6.59. The molecule has 0 aliphatic carbocycles. The second-order valence-electron chi connectivity index (χ2n) is 4.61. The highest BCUT2D eigenvalue weighted by Crippen LogP contribution is 2.24. The summed E-state index contributed by atoms with van der Waals surface area (Å²) >= 11 is 1.39. The summed E-state index contributed by atoms with van der Waals surface area (Å²) in [6.45, 7) is 1.59. The molecule has 2 heterocycles. The summed E-state index contributed by atoms with van der Waals surface area (Å²) in [5, 5.41) is 4.50. The summed E-state index contributed by atoms with van der Waals surface area (Å²) in [4.78, 5) is 28.1. The average Bonchev–Trinajstić information content (AvgIpc) is 2.95. The molecule has 2 aromatic heterocycles. The fourth-order valence-corrected chi connectivity index (χ4v) is 2.74. The minimum atomic E-state index is -0.174. The van der Waals surface area contributed by atoms with E-state index in [-0.39, 0.29) is 18.1 Å². The molecule has 1 amide bonds. The molecule has 0 fully saturated rings. The molecule has 6 nitrogen and oxygen atoms in total. The molecular formula is C15H13N3O3S. The van der Waals surface area contributed by atoms with E-state index in [1.54, 1.807) is 29.8 Å². The van der Waals surface area contributed by atoms with E-state index in [4.69, 9.17) is 4.74 Å². The molecule has 0 unspecified atom stereocenters. The maximum atomic E-state index is 11.9. The van der Waals surface area contributed by atoms with E-state index in [0.29, 0.717) is 22.1 Å². The van der Waals surface area contributed by atoms with Crippen LogP contribution in [0.3, 0.4) is 0 Å². The lowest BCUT2D eigenvalue weighted by atomic mass is 10.3. The number of rotatable bonds is 4. The van der Waals surface area contributed by atoms with E-state index in [0.717, 1.165) is 0 Å². The molecule has 1 aromatic carbocycles. The smallest absolute Gasteiger partial charge is 0.258 e. The Morgan fingerprint density at radius 2 is 2.23 bits per heavy atom. The molecule has 0 saturated carbocycles. The Hall–Kier alpha value is -2.67. The number of thiazole rings is 1. The van der Waals surface area contributed by atoms with Gasteiger partial charge in [0.2, 0.25) is 5.91 Å². The van der Waals surface area contributed by atoms with Crippen LogP contribution in [0.4, 0.5) is 5.69 Å². The SMILES string of the molecule is CC(=O)Nc1ccccc1OCc1cc(=O)n2ccsc2n1. The zero-order chi connectivity index (χ0) is 15.5. The van der Waals surface area contributed by atoms with Crippen molar-refractivity contribution in [2.75, 3.05) is 5.32 Å². The van der Waals surface area contributed by atoms with Crippen molar-refractivity contribution in [1.29, 1.82) is 0 Å². The van der Waals surface area contributed by atoms with Gasteiger partial charge < -0.3 is 10.1 Å². The first-order chi connectivity index (χ1) is 10.6. The van der Waals surface area contributed by atoms with Crippen LogP contribution in [-0.4, -0.2) is 15.3 Å². The maximum Gasteiger partial charge on any atom is 0.258 e. The highest BCUT2D eigenvalue weighted by Gasteiger charge is 2.07. The van der Waals surface area contributed by atoms with E-state index in [1.807, 2.05) is 6.07 Å². The third-order valence-corrected chi connectivity index (χ3v) is 3.69. The summed E-state index contributed by atoms with van der Waals surface area (Å²) in [6, 6.07) is 8.57. The third-order valence-electron chi connectivity index (χ3n) is 2.93. The molecule has 22 heavy (non-hydrogen) atoms. The number of nitrogens with zero attached hydrogens (tertiary/aromatic N) is 2. The highest BCUT2D eigenvalue weighted by atomic mass is 32.1. The number of anilines is 1. The normalized spacial score (nSPS) is 10.6. The molecule has 0 saturated heterocycles. The van der Waals surface area contributed by atoms with Crippen molar-refractivity contribution in [1.82, 2.24) is 9.38 Å². The second kappa shape index (κ2) is 5.98. The predicted octanol–water partition coefficient (Wildman–Crippen LogP) is 2.29. The molecule has 7 heteroatoms. The van der Waals surface area contributed by atoms with E-state index >= 15 is 0 Å². The quantitative estimate of drug-likeness (QED) is 0.802. The zero-order valence-electron chi connectivity index (χ0n) is 11.8. The van der Waals surface area contributed by atoms with Crippen molar-refractivity contribution in [3.63, 3.8) is 0 Å². The van der Waals surface area contributed by atoms with Gasteiger partial charge in [-0.2, -0.15) is 0 Å². The van der Waals surface area contributed by atoms with Gasteiger partial charge in [-0.3, -0.25) is 14.0 Å². The molecule has 0 aliphatic heterocycles. The summed E-state index contributed by atoms with van der Waals surface area (Å²) in [6.07, 6.45) is 1.69. The van der Waals surface area contributed by atoms with Crippen LogP contribution in [0.2, 0.25) is 0 Å². The average molecular weight is 315 g/mol. The molecule has 1 N–H and O–H groups in total. The summed E-state index contributed by atoms with van der Waals surface area (Å²) in [5.41, 5.74) is 0.994. The van der Waals surface area contributed by atoms with Gasteiger partial charge in [0.15, 0.2) is 4.96 Å². The van der Waals surface area contributed by atoms with Crippen molar-refractivity contribution in [3.05, 3.63) is 58.0 Å². The van der Waals surface area contributed by atoms with Gasteiger partial charge >= 0.3 is 0 Å². The van der Waals surface area contributed by atoms with E-state index < -0.39 is 0 Å². The zero-order valence-corrected chi connectivity index (χ0v) is 12.6. The summed E-state index contributed by atoms with van der Waals surface area (Å²) < 4.78 is 7.17. The van der Waals surface area contributed by atoms with Crippen LogP contribution in [0.5, 0.6) is 5.75 Å². The van der Waals surface area contributed by atoms with Gasteiger partial charge in [-0.15, -0.1) is 11.3 Å². The van der Waals surface area contributed by atoms with Gasteiger partial charge in [0.05, 0.1) is 11.4 Å². The number of ether oxygens (including phenoxy) is 1. The first-order valence-corrected chi connectivity index (χ1v) is 7.46. The van der Waals surface area contributed by atoms with Crippen LogP contribution in [0.15, 0.2) is 46.7 Å². The number of aromatic nitrogens is 2. The molecular weight excluding hydrogens is 302 g/mol. The van der Waals surface area contributed by atoms with Gasteiger partial charge in [0.25, 0.3) is 5.56 Å². The van der Waals surface area contributed by atoms with Gasteiger partial charge in [-0.05, 0) is 12.1 Å². The van der Waals surface area contributed by atoms with Crippen LogP contribution in [-0.2, 0) is 11.4 Å². The number of fused-ring (bicyclic) bond motifs is 1. The number of hydrogen-bond donors (Lipinski definition) is 1. The Bertz CT molecular complexity index is 885. The number of para-hydroxylation sites is 2. The Labute approximate surface area is 130 Å². The highest BCUT2D eigenvalue weighted by molar-refractivity contribution is 7.15. The maximum absolute atomic E-state index is 11.9. The molecule has 3 rings (SSSR count). The molecule has 112 valence electrons. The molecule has 3 aromatic rings.